The molecule has 1 aliphatic carbocycles. The van der Waals surface area contributed by atoms with Gasteiger partial charge in [0.05, 0.1) is 5.41 Å². The fourth-order valence-corrected chi connectivity index (χ4v) is 1.76. The Morgan fingerprint density at radius 3 is 2.25 bits per heavy atom. The highest BCUT2D eigenvalue weighted by Crippen LogP contribution is 2.58. The fraction of sp³-hybridized carbons (Fsp3) is 0.833. The van der Waals surface area contributed by atoms with Gasteiger partial charge in [-0.3, -0.25) is 5.41 Å². The molecule has 6 heteroatoms. The van der Waals surface area contributed by atoms with Gasteiger partial charge in [0.2, 0.25) is 0 Å². The molecule has 0 saturated heterocycles. The highest BCUT2D eigenvalue weighted by atomic mass is 32.2. The van der Waals surface area contributed by atoms with Gasteiger partial charge in [0.25, 0.3) is 0 Å². The second-order valence-corrected chi connectivity index (χ2v) is 3.95. The van der Waals surface area contributed by atoms with Crippen LogP contribution in [0.2, 0.25) is 0 Å². The molecule has 0 aromatic heterocycles. The Morgan fingerprint density at radius 2 is 2.00 bits per heavy atom. The minimum atomic E-state index is -4.13. The van der Waals surface area contributed by atoms with E-state index in [4.69, 9.17) is 11.1 Å². The molecule has 0 aliphatic heterocycles. The summed E-state index contributed by atoms with van der Waals surface area (Å²) in [5.41, 5.74) is 3.41. The van der Waals surface area contributed by atoms with Crippen molar-refractivity contribution in [1.29, 1.82) is 5.41 Å². The molecule has 2 nitrogen and oxygen atoms in total. The van der Waals surface area contributed by atoms with Crippen LogP contribution in [-0.4, -0.2) is 17.1 Å². The van der Waals surface area contributed by atoms with E-state index in [9.17, 15) is 13.2 Å². The molecule has 1 rings (SSSR count). The molecule has 1 aliphatic rings. The third-order valence-electron chi connectivity index (χ3n) is 1.96. The van der Waals surface area contributed by atoms with Gasteiger partial charge in [0.15, 0.2) is 5.17 Å². The monoisotopic (exact) mass is 198 g/mol. The van der Waals surface area contributed by atoms with Crippen molar-refractivity contribution in [1.82, 2.24) is 0 Å². The minimum absolute atomic E-state index is 0.105. The lowest BCUT2D eigenvalue weighted by molar-refractivity contribution is -0.179. The van der Waals surface area contributed by atoms with Crippen LogP contribution >= 0.6 is 11.8 Å². The normalized spacial score (nSPS) is 20.6. The van der Waals surface area contributed by atoms with Crippen molar-refractivity contribution in [2.75, 3.05) is 5.75 Å². The van der Waals surface area contributed by atoms with Crippen LogP contribution in [0.1, 0.15) is 12.8 Å². The molecular formula is C6H9F3N2S. The number of rotatable bonds is 2. The van der Waals surface area contributed by atoms with Crippen molar-refractivity contribution < 1.29 is 13.2 Å². The van der Waals surface area contributed by atoms with Gasteiger partial charge in [-0.25, -0.2) is 0 Å². The number of amidine groups is 1. The summed E-state index contributed by atoms with van der Waals surface area (Å²) >= 11 is 0.769. The smallest absolute Gasteiger partial charge is 0.379 e. The summed E-state index contributed by atoms with van der Waals surface area (Å²) in [4.78, 5) is 0. The zero-order chi connectivity index (χ0) is 9.41. The summed E-state index contributed by atoms with van der Waals surface area (Å²) < 4.78 is 36.7. The van der Waals surface area contributed by atoms with Gasteiger partial charge in [-0.1, -0.05) is 11.8 Å². The lowest BCUT2D eigenvalue weighted by Crippen LogP contribution is -2.27. The van der Waals surface area contributed by atoms with Gasteiger partial charge in [0.1, 0.15) is 0 Å². The van der Waals surface area contributed by atoms with E-state index in [1.165, 1.54) is 0 Å². The topological polar surface area (TPSA) is 49.9 Å². The zero-order valence-corrected chi connectivity index (χ0v) is 7.06. The highest BCUT2D eigenvalue weighted by Gasteiger charge is 2.62. The van der Waals surface area contributed by atoms with Crippen molar-refractivity contribution in [2.45, 2.75) is 19.0 Å². The Hall–Kier alpha value is -0.390. The summed E-state index contributed by atoms with van der Waals surface area (Å²) in [6, 6.07) is 0. The van der Waals surface area contributed by atoms with E-state index in [0.29, 0.717) is 0 Å². The van der Waals surface area contributed by atoms with Crippen LogP contribution in [0.25, 0.3) is 0 Å². The zero-order valence-electron chi connectivity index (χ0n) is 6.24. The van der Waals surface area contributed by atoms with E-state index in [1.807, 2.05) is 0 Å². The van der Waals surface area contributed by atoms with E-state index >= 15 is 0 Å². The molecule has 0 heterocycles. The predicted octanol–water partition coefficient (Wildman–Crippen LogP) is 1.96. The lowest BCUT2D eigenvalue weighted by Gasteiger charge is -2.17. The van der Waals surface area contributed by atoms with E-state index in [-0.39, 0.29) is 23.8 Å². The van der Waals surface area contributed by atoms with E-state index < -0.39 is 11.6 Å². The predicted molar refractivity (Wildman–Crippen MR) is 42.1 cm³/mol. The van der Waals surface area contributed by atoms with Crippen LogP contribution in [0.4, 0.5) is 13.2 Å². The first kappa shape index (κ1) is 9.70. The molecular weight excluding hydrogens is 189 g/mol. The maximum Gasteiger partial charge on any atom is 0.395 e. The van der Waals surface area contributed by atoms with Gasteiger partial charge in [-0.15, -0.1) is 0 Å². The first-order valence-corrected chi connectivity index (χ1v) is 4.39. The molecule has 1 fully saturated rings. The van der Waals surface area contributed by atoms with Gasteiger partial charge in [-0.05, 0) is 12.8 Å². The second kappa shape index (κ2) is 2.83. The Bertz CT molecular complexity index is 197. The maximum absolute atomic E-state index is 12.2. The summed E-state index contributed by atoms with van der Waals surface area (Å²) in [5.74, 6) is -0.105. The molecule has 1 saturated carbocycles. The third kappa shape index (κ3) is 1.85. The van der Waals surface area contributed by atoms with E-state index in [2.05, 4.69) is 0 Å². The molecule has 0 spiro atoms. The number of nitrogens with two attached hydrogens (primary N) is 1. The molecule has 0 unspecified atom stereocenters. The molecule has 0 bridgehead atoms. The molecule has 0 aromatic rings. The van der Waals surface area contributed by atoms with Crippen molar-refractivity contribution in [3.63, 3.8) is 0 Å². The highest BCUT2D eigenvalue weighted by molar-refractivity contribution is 8.13. The summed E-state index contributed by atoms with van der Waals surface area (Å²) in [7, 11) is 0. The standard InChI is InChI=1S/C6H9F3N2S/c7-6(8,9)5(1-2-5)3-12-4(10)11/h1-3H2,(H3,10,11). The Morgan fingerprint density at radius 1 is 1.50 bits per heavy atom. The van der Waals surface area contributed by atoms with Gasteiger partial charge in [0, 0.05) is 5.75 Å². The van der Waals surface area contributed by atoms with Crippen LogP contribution in [0, 0.1) is 10.8 Å². The van der Waals surface area contributed by atoms with Gasteiger partial charge < -0.3 is 5.73 Å². The fourth-order valence-electron chi connectivity index (χ4n) is 0.876. The quantitative estimate of drug-likeness (QED) is 0.526. The molecule has 70 valence electrons. The molecule has 0 aromatic carbocycles. The van der Waals surface area contributed by atoms with Crippen molar-refractivity contribution in [3.8, 4) is 0 Å². The van der Waals surface area contributed by atoms with Crippen molar-refractivity contribution >= 4 is 16.9 Å². The van der Waals surface area contributed by atoms with Crippen molar-refractivity contribution in [3.05, 3.63) is 0 Å². The van der Waals surface area contributed by atoms with Gasteiger partial charge >= 0.3 is 6.18 Å². The van der Waals surface area contributed by atoms with E-state index in [1.54, 1.807) is 0 Å². The first-order chi connectivity index (χ1) is 5.37. The summed E-state index contributed by atoms with van der Waals surface area (Å²) in [6.45, 7) is 0. The summed E-state index contributed by atoms with van der Waals surface area (Å²) in [5, 5.41) is 6.54. The maximum atomic E-state index is 12.2. The third-order valence-corrected chi connectivity index (χ3v) is 2.97. The number of hydrogen-bond donors (Lipinski definition) is 2. The Kier molecular flexibility index (Phi) is 2.29. The Balaban J connectivity index is 2.46. The molecule has 0 radical (unpaired) electrons. The van der Waals surface area contributed by atoms with Crippen LogP contribution in [0.5, 0.6) is 0 Å². The number of nitrogens with one attached hydrogen (secondary N) is 1. The molecule has 0 atom stereocenters. The molecule has 3 N–H and O–H groups in total. The second-order valence-electron chi connectivity index (χ2n) is 2.93. The van der Waals surface area contributed by atoms with Crippen LogP contribution in [0.3, 0.4) is 0 Å². The number of thioether (sulfide) groups is 1. The number of hydrogen-bond acceptors (Lipinski definition) is 2. The molecule has 0 amide bonds. The SMILES string of the molecule is N=C(N)SCC1(C(F)(F)F)CC1. The first-order valence-electron chi connectivity index (χ1n) is 3.41. The van der Waals surface area contributed by atoms with Crippen molar-refractivity contribution in [2.24, 2.45) is 11.1 Å². The lowest BCUT2D eigenvalue weighted by atomic mass is 10.1. The average Bonchev–Trinajstić information content (AvgIpc) is 2.60. The van der Waals surface area contributed by atoms with Crippen LogP contribution < -0.4 is 5.73 Å². The Labute approximate surface area is 72.2 Å². The average molecular weight is 198 g/mol. The largest absolute Gasteiger partial charge is 0.395 e. The van der Waals surface area contributed by atoms with Crippen LogP contribution in [0.15, 0.2) is 0 Å². The molecule has 12 heavy (non-hydrogen) atoms. The summed E-state index contributed by atoms with van der Waals surface area (Å²) in [6.07, 6.45) is -3.77. The minimum Gasteiger partial charge on any atom is -0.379 e. The van der Waals surface area contributed by atoms with Gasteiger partial charge in [-0.2, -0.15) is 13.2 Å². The number of halogens is 3. The number of alkyl halides is 3. The van der Waals surface area contributed by atoms with E-state index in [0.717, 1.165) is 11.8 Å². The van der Waals surface area contributed by atoms with Crippen LogP contribution in [-0.2, 0) is 0 Å².